The van der Waals surface area contributed by atoms with Crippen molar-refractivity contribution in [2.45, 2.75) is 6.92 Å². The quantitative estimate of drug-likeness (QED) is 0.679. The van der Waals surface area contributed by atoms with Crippen molar-refractivity contribution >= 4 is 18.1 Å². The third kappa shape index (κ3) is 2.96. The average molecular weight is 200 g/mol. The van der Waals surface area contributed by atoms with E-state index in [9.17, 15) is 0 Å². The van der Waals surface area contributed by atoms with E-state index in [1.54, 1.807) is 0 Å². The van der Waals surface area contributed by atoms with E-state index in [0.29, 0.717) is 0 Å². The van der Waals surface area contributed by atoms with Crippen LogP contribution in [-0.2, 0) is 11.8 Å². The molecular formula is C9H13OPS. The molecule has 0 N–H and O–H groups in total. The van der Waals surface area contributed by atoms with E-state index in [4.69, 9.17) is 16.3 Å². The standard InChI is InChI=1S/C9H13OPS/c1-8-6-4-5-7-9(8)10-11(2,3)12/h4-7H,1-3H3. The predicted octanol–water partition coefficient (Wildman–Crippen LogP) is 3.03. The first-order chi connectivity index (χ1) is 5.49. The Kier molecular flexibility index (Phi) is 2.92. The predicted molar refractivity (Wildman–Crippen MR) is 57.9 cm³/mol. The molecule has 1 nitrogen and oxygen atoms in total. The molecule has 1 aromatic carbocycles. The van der Waals surface area contributed by atoms with Gasteiger partial charge in [0.1, 0.15) is 12.0 Å². The van der Waals surface area contributed by atoms with E-state index in [2.05, 4.69) is 0 Å². The van der Waals surface area contributed by atoms with Gasteiger partial charge in [-0.15, -0.1) is 0 Å². The molecule has 0 saturated carbocycles. The highest BCUT2D eigenvalue weighted by atomic mass is 32.4. The summed E-state index contributed by atoms with van der Waals surface area (Å²) in [6.07, 6.45) is -1.58. The highest BCUT2D eigenvalue weighted by molar-refractivity contribution is 8.11. The van der Waals surface area contributed by atoms with E-state index in [0.717, 1.165) is 11.3 Å². The third-order valence-corrected chi connectivity index (χ3v) is 2.27. The summed E-state index contributed by atoms with van der Waals surface area (Å²) >= 11 is 5.22. The van der Waals surface area contributed by atoms with Crippen molar-refractivity contribution in [1.82, 2.24) is 0 Å². The summed E-state index contributed by atoms with van der Waals surface area (Å²) in [7, 11) is 0. The van der Waals surface area contributed by atoms with Gasteiger partial charge in [0, 0.05) is 0 Å². The van der Waals surface area contributed by atoms with Crippen LogP contribution in [0.25, 0.3) is 0 Å². The highest BCUT2D eigenvalue weighted by Gasteiger charge is 2.05. The SMILES string of the molecule is Cc1ccccc1OP(C)(C)=S. The monoisotopic (exact) mass is 200 g/mol. The lowest BCUT2D eigenvalue weighted by atomic mass is 10.2. The Morgan fingerprint density at radius 1 is 1.25 bits per heavy atom. The molecule has 0 aliphatic heterocycles. The summed E-state index contributed by atoms with van der Waals surface area (Å²) in [5.74, 6) is 0.922. The first-order valence-electron chi connectivity index (χ1n) is 3.79. The van der Waals surface area contributed by atoms with Crippen LogP contribution in [0.15, 0.2) is 24.3 Å². The molecule has 1 rings (SSSR count). The van der Waals surface area contributed by atoms with E-state index in [-0.39, 0.29) is 0 Å². The Balaban J connectivity index is 2.90. The molecule has 0 aliphatic rings. The molecule has 0 fully saturated rings. The third-order valence-electron chi connectivity index (χ3n) is 1.41. The number of aryl methyl sites for hydroxylation is 1. The van der Waals surface area contributed by atoms with Crippen molar-refractivity contribution in [3.05, 3.63) is 29.8 Å². The lowest BCUT2D eigenvalue weighted by Crippen LogP contribution is -1.90. The van der Waals surface area contributed by atoms with Crippen molar-refractivity contribution < 1.29 is 4.52 Å². The zero-order chi connectivity index (χ0) is 9.19. The first-order valence-corrected chi connectivity index (χ1v) is 7.41. The maximum absolute atomic E-state index is 5.66. The van der Waals surface area contributed by atoms with Gasteiger partial charge in [-0.25, -0.2) is 0 Å². The fraction of sp³-hybridized carbons (Fsp3) is 0.333. The molecule has 0 amide bonds. The number of hydrogen-bond donors (Lipinski definition) is 0. The average Bonchev–Trinajstić information content (AvgIpc) is 1.91. The number of benzene rings is 1. The van der Waals surface area contributed by atoms with Crippen LogP contribution >= 0.6 is 6.26 Å². The van der Waals surface area contributed by atoms with E-state index in [1.807, 2.05) is 44.5 Å². The molecule has 0 spiro atoms. The second-order valence-corrected chi connectivity index (χ2v) is 8.43. The van der Waals surface area contributed by atoms with Crippen molar-refractivity contribution in [2.75, 3.05) is 13.3 Å². The largest absolute Gasteiger partial charge is 0.467 e. The smallest absolute Gasteiger partial charge is 0.127 e. The minimum absolute atomic E-state index is 0.922. The van der Waals surface area contributed by atoms with Crippen molar-refractivity contribution in [1.29, 1.82) is 0 Å². The minimum Gasteiger partial charge on any atom is -0.467 e. The van der Waals surface area contributed by atoms with Gasteiger partial charge in [-0.3, -0.25) is 0 Å². The van der Waals surface area contributed by atoms with Crippen molar-refractivity contribution in [2.24, 2.45) is 0 Å². The van der Waals surface area contributed by atoms with Gasteiger partial charge in [-0.05, 0) is 31.9 Å². The zero-order valence-electron chi connectivity index (χ0n) is 7.57. The molecule has 0 bridgehead atoms. The van der Waals surface area contributed by atoms with Gasteiger partial charge in [0.2, 0.25) is 0 Å². The van der Waals surface area contributed by atoms with Gasteiger partial charge in [-0.1, -0.05) is 30.0 Å². The fourth-order valence-corrected chi connectivity index (χ4v) is 1.82. The molecular weight excluding hydrogens is 187 g/mol. The van der Waals surface area contributed by atoms with Crippen LogP contribution in [-0.4, -0.2) is 13.3 Å². The second-order valence-electron chi connectivity index (χ2n) is 3.11. The number of hydrogen-bond acceptors (Lipinski definition) is 2. The second kappa shape index (κ2) is 3.59. The van der Waals surface area contributed by atoms with E-state index >= 15 is 0 Å². The molecule has 0 saturated heterocycles. The molecule has 0 unspecified atom stereocenters. The summed E-state index contributed by atoms with van der Waals surface area (Å²) in [5, 5.41) is 0. The van der Waals surface area contributed by atoms with Crippen LogP contribution in [0.2, 0.25) is 0 Å². The summed E-state index contributed by atoms with van der Waals surface area (Å²) in [4.78, 5) is 0. The molecule has 1 aromatic rings. The molecule has 0 aromatic heterocycles. The molecule has 0 aliphatic carbocycles. The topological polar surface area (TPSA) is 9.23 Å². The lowest BCUT2D eigenvalue weighted by molar-refractivity contribution is 0.615. The molecule has 66 valence electrons. The minimum atomic E-state index is -1.58. The summed E-state index contributed by atoms with van der Waals surface area (Å²) in [6.45, 7) is 5.99. The van der Waals surface area contributed by atoms with Gasteiger partial charge >= 0.3 is 0 Å². The normalized spacial score (nSPS) is 11.2. The molecule has 0 heterocycles. The molecule has 0 atom stereocenters. The Morgan fingerprint density at radius 2 is 1.83 bits per heavy atom. The van der Waals surface area contributed by atoms with Crippen LogP contribution in [0.5, 0.6) is 5.75 Å². The summed E-state index contributed by atoms with van der Waals surface area (Å²) in [6, 6.07) is 7.95. The molecule has 0 radical (unpaired) electrons. The fourth-order valence-electron chi connectivity index (χ4n) is 0.896. The van der Waals surface area contributed by atoms with E-state index in [1.165, 1.54) is 0 Å². The van der Waals surface area contributed by atoms with Crippen LogP contribution in [0, 0.1) is 6.92 Å². The zero-order valence-corrected chi connectivity index (χ0v) is 9.28. The first kappa shape index (κ1) is 9.76. The lowest BCUT2D eigenvalue weighted by Gasteiger charge is -2.14. The van der Waals surface area contributed by atoms with Gasteiger partial charge < -0.3 is 4.52 Å². The Morgan fingerprint density at radius 3 is 2.33 bits per heavy atom. The van der Waals surface area contributed by atoms with Gasteiger partial charge in [-0.2, -0.15) is 0 Å². The van der Waals surface area contributed by atoms with Crippen LogP contribution in [0.1, 0.15) is 5.56 Å². The molecule has 3 heteroatoms. The van der Waals surface area contributed by atoms with Crippen LogP contribution in [0.4, 0.5) is 0 Å². The summed E-state index contributed by atoms with van der Waals surface area (Å²) < 4.78 is 5.66. The number of rotatable bonds is 2. The maximum atomic E-state index is 5.66. The Hall–Kier alpha value is -0.330. The van der Waals surface area contributed by atoms with Crippen LogP contribution in [0.3, 0.4) is 0 Å². The van der Waals surface area contributed by atoms with Crippen LogP contribution < -0.4 is 4.52 Å². The van der Waals surface area contributed by atoms with Gasteiger partial charge in [0.25, 0.3) is 0 Å². The summed E-state index contributed by atoms with van der Waals surface area (Å²) in [5.41, 5.74) is 1.15. The van der Waals surface area contributed by atoms with E-state index < -0.39 is 6.26 Å². The van der Waals surface area contributed by atoms with Crippen molar-refractivity contribution in [3.63, 3.8) is 0 Å². The Bertz CT molecular complexity index is 316. The maximum Gasteiger partial charge on any atom is 0.127 e. The highest BCUT2D eigenvalue weighted by Crippen LogP contribution is 2.40. The Labute approximate surface area is 78.8 Å². The molecule has 12 heavy (non-hydrogen) atoms. The van der Waals surface area contributed by atoms with Crippen molar-refractivity contribution in [3.8, 4) is 5.75 Å². The number of para-hydroxylation sites is 1. The van der Waals surface area contributed by atoms with Gasteiger partial charge in [0.05, 0.1) is 0 Å². The van der Waals surface area contributed by atoms with Gasteiger partial charge in [0.15, 0.2) is 0 Å².